The maximum Gasteiger partial charge on any atom is 0.418 e. The predicted octanol–water partition coefficient (Wildman–Crippen LogP) is 4.17. The fraction of sp³-hybridized carbons (Fsp3) is 0.333. The molecule has 1 atom stereocenters. The minimum atomic E-state index is -4.63. The van der Waals surface area contributed by atoms with Crippen molar-refractivity contribution in [1.29, 1.82) is 0 Å². The first-order chi connectivity index (χ1) is 10.4. The summed E-state index contributed by atoms with van der Waals surface area (Å²) < 4.78 is 38.7. The average Bonchev–Trinajstić information content (AvgIpc) is 2.48. The summed E-state index contributed by atoms with van der Waals surface area (Å²) in [5.74, 6) is 0. The second-order valence-corrected chi connectivity index (χ2v) is 5.79. The topological polar surface area (TPSA) is 20.2 Å². The Morgan fingerprint density at radius 3 is 1.86 bits per heavy atom. The maximum atomic E-state index is 12.9. The molecular formula is C18H17F3O. The third-order valence-corrected chi connectivity index (χ3v) is 4.22. The molecule has 6 rings (SSSR count). The van der Waals surface area contributed by atoms with Crippen molar-refractivity contribution in [3.8, 4) is 0 Å². The van der Waals surface area contributed by atoms with Crippen LogP contribution in [0.4, 0.5) is 13.2 Å². The fourth-order valence-electron chi connectivity index (χ4n) is 2.90. The van der Waals surface area contributed by atoms with E-state index in [2.05, 4.69) is 12.1 Å². The van der Waals surface area contributed by atoms with E-state index in [9.17, 15) is 18.3 Å². The summed E-state index contributed by atoms with van der Waals surface area (Å²) in [6.45, 7) is 0. The zero-order valence-electron chi connectivity index (χ0n) is 12.0. The zero-order chi connectivity index (χ0) is 15.7. The van der Waals surface area contributed by atoms with Crippen LogP contribution in [0.3, 0.4) is 0 Å². The molecule has 4 aliphatic rings. The Balaban J connectivity index is 2.01. The minimum Gasteiger partial charge on any atom is -0.379 e. The molecule has 1 N–H and O–H groups in total. The van der Waals surface area contributed by atoms with Crippen molar-refractivity contribution in [2.45, 2.75) is 38.0 Å². The molecule has 0 spiro atoms. The van der Waals surface area contributed by atoms with Crippen molar-refractivity contribution >= 4 is 0 Å². The van der Waals surface area contributed by atoms with Gasteiger partial charge in [-0.05, 0) is 53.5 Å². The quantitative estimate of drug-likeness (QED) is 0.838. The first kappa shape index (κ1) is 15.1. The molecule has 0 heterocycles. The van der Waals surface area contributed by atoms with Crippen LogP contribution < -0.4 is 0 Å². The largest absolute Gasteiger partial charge is 0.418 e. The van der Waals surface area contributed by atoms with Crippen molar-refractivity contribution in [1.82, 2.24) is 0 Å². The van der Waals surface area contributed by atoms with Crippen LogP contribution in [-0.4, -0.2) is 11.3 Å². The predicted molar refractivity (Wildman–Crippen MR) is 78.7 cm³/mol. The van der Waals surface area contributed by atoms with Crippen molar-refractivity contribution in [3.05, 3.63) is 70.3 Å². The Bertz CT molecular complexity index is 659. The van der Waals surface area contributed by atoms with Gasteiger partial charge < -0.3 is 5.11 Å². The van der Waals surface area contributed by atoms with Crippen LogP contribution >= 0.6 is 0 Å². The lowest BCUT2D eigenvalue weighted by molar-refractivity contribution is -0.207. The molecule has 0 saturated heterocycles. The van der Waals surface area contributed by atoms with Gasteiger partial charge in [0.2, 0.25) is 0 Å². The molecule has 2 aromatic carbocycles. The number of benzene rings is 2. The van der Waals surface area contributed by atoms with Crippen molar-refractivity contribution < 1.29 is 18.3 Å². The Hall–Kier alpha value is -1.81. The number of aliphatic hydroxyl groups is 1. The molecule has 0 aromatic heterocycles. The second-order valence-electron chi connectivity index (χ2n) is 5.79. The summed E-state index contributed by atoms with van der Waals surface area (Å²) in [5.41, 5.74) is 3.66. The number of alkyl halides is 3. The lowest BCUT2D eigenvalue weighted by atomic mass is 9.91. The van der Waals surface area contributed by atoms with E-state index >= 15 is 0 Å². The monoisotopic (exact) mass is 306 g/mol. The van der Waals surface area contributed by atoms with Crippen LogP contribution in [0.5, 0.6) is 0 Å². The van der Waals surface area contributed by atoms with Crippen molar-refractivity contribution in [3.63, 3.8) is 0 Å². The summed E-state index contributed by atoms with van der Waals surface area (Å²) in [5, 5.41) is 9.67. The van der Waals surface area contributed by atoms with E-state index in [0.717, 1.165) is 17.5 Å². The molecular weight excluding hydrogens is 289 g/mol. The number of halogens is 3. The Morgan fingerprint density at radius 1 is 0.773 bits per heavy atom. The highest BCUT2D eigenvalue weighted by Crippen LogP contribution is 2.35. The van der Waals surface area contributed by atoms with Gasteiger partial charge in [-0.25, -0.2) is 0 Å². The van der Waals surface area contributed by atoms with E-state index in [-0.39, 0.29) is 5.56 Å². The van der Waals surface area contributed by atoms with Crippen LogP contribution in [0.1, 0.15) is 33.9 Å². The number of rotatable bonds is 1. The number of aryl methyl sites for hydroxylation is 4. The normalized spacial score (nSPS) is 16.2. The van der Waals surface area contributed by atoms with Gasteiger partial charge in [0, 0.05) is 0 Å². The molecule has 1 nitrogen and oxygen atoms in total. The molecule has 4 aliphatic carbocycles. The third-order valence-electron chi connectivity index (χ3n) is 4.22. The zero-order valence-corrected chi connectivity index (χ0v) is 12.0. The summed E-state index contributed by atoms with van der Waals surface area (Å²) >= 11 is 0. The summed E-state index contributed by atoms with van der Waals surface area (Å²) in [4.78, 5) is 0. The number of hydrogen-bond acceptors (Lipinski definition) is 1. The molecule has 4 bridgehead atoms. The van der Waals surface area contributed by atoms with Gasteiger partial charge in [-0.15, -0.1) is 0 Å². The number of hydrogen-bond donors (Lipinski definition) is 1. The summed E-state index contributed by atoms with van der Waals surface area (Å²) in [6, 6.07) is 13.3. The highest BCUT2D eigenvalue weighted by Gasteiger charge is 2.40. The Kier molecular flexibility index (Phi) is 3.96. The first-order valence-electron chi connectivity index (χ1n) is 7.38. The van der Waals surface area contributed by atoms with Crippen LogP contribution in [0.15, 0.2) is 42.5 Å². The van der Waals surface area contributed by atoms with Crippen molar-refractivity contribution in [2.24, 2.45) is 0 Å². The average molecular weight is 306 g/mol. The van der Waals surface area contributed by atoms with Crippen LogP contribution in [0, 0.1) is 0 Å². The summed E-state index contributed by atoms with van der Waals surface area (Å²) in [7, 11) is 0. The van der Waals surface area contributed by atoms with E-state index in [1.165, 1.54) is 11.6 Å². The molecule has 22 heavy (non-hydrogen) atoms. The van der Waals surface area contributed by atoms with E-state index < -0.39 is 12.3 Å². The SMILES string of the molecule is O[C@H](c1cc2ccc1CCc1ccc(cc1)CC2)C(F)(F)F. The van der Waals surface area contributed by atoms with Crippen molar-refractivity contribution in [2.75, 3.05) is 0 Å². The van der Waals surface area contributed by atoms with Gasteiger partial charge in [0.1, 0.15) is 0 Å². The highest BCUT2D eigenvalue weighted by atomic mass is 19.4. The van der Waals surface area contributed by atoms with Crippen LogP contribution in [-0.2, 0) is 25.7 Å². The molecule has 0 radical (unpaired) electrons. The van der Waals surface area contributed by atoms with Crippen LogP contribution in [0.2, 0.25) is 0 Å². The van der Waals surface area contributed by atoms with Gasteiger partial charge in [0.25, 0.3) is 0 Å². The van der Waals surface area contributed by atoms with Crippen LogP contribution in [0.25, 0.3) is 0 Å². The minimum absolute atomic E-state index is 0.00000567. The molecule has 4 heteroatoms. The van der Waals surface area contributed by atoms with Gasteiger partial charge in [0.15, 0.2) is 6.10 Å². The third kappa shape index (κ3) is 3.17. The van der Waals surface area contributed by atoms with Gasteiger partial charge in [-0.2, -0.15) is 13.2 Å². The first-order valence-corrected chi connectivity index (χ1v) is 7.38. The number of aliphatic hydroxyl groups excluding tert-OH is 1. The lowest BCUT2D eigenvalue weighted by Crippen LogP contribution is -2.22. The Labute approximate surface area is 127 Å². The van der Waals surface area contributed by atoms with E-state index in [0.29, 0.717) is 24.8 Å². The second kappa shape index (κ2) is 5.76. The highest BCUT2D eigenvalue weighted by molar-refractivity contribution is 5.37. The summed E-state index contributed by atoms with van der Waals surface area (Å²) in [6.07, 6.45) is -4.45. The molecule has 2 aromatic rings. The van der Waals surface area contributed by atoms with E-state index in [4.69, 9.17) is 0 Å². The molecule has 0 aliphatic heterocycles. The van der Waals surface area contributed by atoms with E-state index in [1.807, 2.05) is 18.2 Å². The van der Waals surface area contributed by atoms with E-state index in [1.54, 1.807) is 6.07 Å². The van der Waals surface area contributed by atoms with Gasteiger partial charge in [-0.1, -0.05) is 42.5 Å². The smallest absolute Gasteiger partial charge is 0.379 e. The molecule has 116 valence electrons. The molecule has 0 amide bonds. The molecule has 0 fully saturated rings. The van der Waals surface area contributed by atoms with Gasteiger partial charge in [-0.3, -0.25) is 0 Å². The lowest BCUT2D eigenvalue weighted by Gasteiger charge is -2.20. The Morgan fingerprint density at radius 2 is 1.27 bits per heavy atom. The van der Waals surface area contributed by atoms with Gasteiger partial charge >= 0.3 is 6.18 Å². The maximum absolute atomic E-state index is 12.9. The molecule has 0 saturated carbocycles. The molecule has 0 unspecified atom stereocenters. The standard InChI is InChI=1S/C18H17F3O/c19-18(20,21)17(22)16-11-14-6-5-12-1-3-13(4-2-12)7-9-15(16)10-8-14/h1-4,8,10-11,17,22H,5-7,9H2/t17-/m1/s1. The fourth-order valence-corrected chi connectivity index (χ4v) is 2.90. The van der Waals surface area contributed by atoms with Gasteiger partial charge in [0.05, 0.1) is 0 Å².